The summed E-state index contributed by atoms with van der Waals surface area (Å²) >= 11 is 1.52. The number of thioether (sulfide) groups is 1. The number of aliphatic carboxylic acids is 1. The highest BCUT2D eigenvalue weighted by molar-refractivity contribution is 7.98. The van der Waals surface area contributed by atoms with Gasteiger partial charge >= 0.3 is 5.97 Å². The van der Waals surface area contributed by atoms with E-state index < -0.39 is 60.4 Å². The van der Waals surface area contributed by atoms with Gasteiger partial charge in [0.15, 0.2) is 0 Å². The number of aliphatic hydroxyl groups is 1. The Morgan fingerprint density at radius 1 is 0.914 bits per heavy atom. The molecule has 0 radical (unpaired) electrons. The molecule has 0 fully saturated rings. The van der Waals surface area contributed by atoms with Gasteiger partial charge in [-0.05, 0) is 30.4 Å². The summed E-state index contributed by atoms with van der Waals surface area (Å²) in [7, 11) is 0. The summed E-state index contributed by atoms with van der Waals surface area (Å²) in [5, 5.41) is 25.4. The molecule has 0 aliphatic rings. The molecule has 0 saturated heterocycles. The number of primary amides is 1. The molecule has 1 rings (SSSR count). The number of carbonyl (C=O) groups is 5. The Morgan fingerprint density at radius 3 is 2.03 bits per heavy atom. The van der Waals surface area contributed by atoms with Crippen LogP contribution < -0.4 is 27.4 Å². The number of hydrogen-bond donors (Lipinski definition) is 7. The Balaban J connectivity index is 3.07. The maximum Gasteiger partial charge on any atom is 0.328 e. The van der Waals surface area contributed by atoms with Crippen LogP contribution in [0.3, 0.4) is 0 Å². The monoisotopic (exact) mass is 511 g/mol. The van der Waals surface area contributed by atoms with Crippen molar-refractivity contribution in [3.63, 3.8) is 0 Å². The van der Waals surface area contributed by atoms with E-state index in [1.54, 1.807) is 30.3 Å². The number of amides is 4. The average Bonchev–Trinajstić information content (AvgIpc) is 2.82. The van der Waals surface area contributed by atoms with E-state index in [9.17, 15) is 29.1 Å². The Kier molecular flexibility index (Phi) is 13.4. The lowest BCUT2D eigenvalue weighted by Crippen LogP contribution is -2.58. The van der Waals surface area contributed by atoms with Crippen molar-refractivity contribution in [3.05, 3.63) is 35.9 Å². The molecule has 4 amide bonds. The highest BCUT2D eigenvalue weighted by Gasteiger charge is 2.30. The molecule has 9 N–H and O–H groups in total. The van der Waals surface area contributed by atoms with E-state index in [2.05, 4.69) is 16.0 Å². The third kappa shape index (κ3) is 11.2. The molecule has 4 unspecified atom stereocenters. The van der Waals surface area contributed by atoms with Crippen LogP contribution in [-0.2, 0) is 30.4 Å². The molecule has 1 aromatic carbocycles. The largest absolute Gasteiger partial charge is 0.480 e. The Hall–Kier alpha value is -3.16. The number of aliphatic hydroxyl groups excluding tert-OH is 1. The van der Waals surface area contributed by atoms with Crippen LogP contribution in [-0.4, -0.2) is 82.6 Å². The summed E-state index contributed by atoms with van der Waals surface area (Å²) in [6.45, 7) is -0.877. The lowest BCUT2D eigenvalue weighted by atomic mass is 10.0. The van der Waals surface area contributed by atoms with Crippen molar-refractivity contribution in [2.45, 2.75) is 49.9 Å². The normalized spacial score (nSPS) is 14.1. The van der Waals surface area contributed by atoms with Crippen LogP contribution in [0.5, 0.6) is 0 Å². The lowest BCUT2D eigenvalue weighted by Gasteiger charge is -2.25. The van der Waals surface area contributed by atoms with E-state index in [4.69, 9.17) is 16.6 Å². The molecule has 12 nitrogen and oxygen atoms in total. The standard InChI is InChI=1S/C22H33N5O7S/c1-35-10-9-14(23)19(30)26-16(11-13-5-3-2-4-6-13)21(32)25-15(7-8-18(24)29)20(31)27-17(12-28)22(33)34/h2-6,14-17,28H,7-12,23H2,1H3,(H2,24,29)(H,25,32)(H,26,30)(H,27,31)(H,33,34). The smallest absolute Gasteiger partial charge is 0.328 e. The van der Waals surface area contributed by atoms with Crippen LogP contribution in [0.2, 0.25) is 0 Å². The van der Waals surface area contributed by atoms with Crippen LogP contribution in [0, 0.1) is 0 Å². The summed E-state index contributed by atoms with van der Waals surface area (Å²) in [5.41, 5.74) is 11.8. The zero-order valence-electron chi connectivity index (χ0n) is 19.4. The first kappa shape index (κ1) is 29.9. The molecule has 0 saturated carbocycles. The number of rotatable bonds is 16. The Morgan fingerprint density at radius 2 is 1.49 bits per heavy atom. The van der Waals surface area contributed by atoms with Gasteiger partial charge in [0.25, 0.3) is 0 Å². The second-order valence-corrected chi connectivity index (χ2v) is 8.77. The zero-order valence-corrected chi connectivity index (χ0v) is 20.3. The van der Waals surface area contributed by atoms with Crippen molar-refractivity contribution in [2.75, 3.05) is 18.6 Å². The van der Waals surface area contributed by atoms with Gasteiger partial charge in [-0.1, -0.05) is 30.3 Å². The zero-order chi connectivity index (χ0) is 26.4. The number of carbonyl (C=O) groups excluding carboxylic acids is 4. The number of carboxylic acids is 1. The van der Waals surface area contributed by atoms with Crippen LogP contribution in [0.25, 0.3) is 0 Å². The lowest BCUT2D eigenvalue weighted by molar-refractivity contribution is -0.143. The summed E-state index contributed by atoms with van der Waals surface area (Å²) in [6, 6.07) is 3.94. The van der Waals surface area contributed by atoms with Gasteiger partial charge in [-0.2, -0.15) is 11.8 Å². The van der Waals surface area contributed by atoms with Gasteiger partial charge in [0.05, 0.1) is 12.6 Å². The average molecular weight is 512 g/mol. The Labute approximate surface area is 207 Å². The minimum absolute atomic E-state index is 0.0895. The molecule has 194 valence electrons. The first-order chi connectivity index (χ1) is 16.6. The summed E-state index contributed by atoms with van der Waals surface area (Å²) < 4.78 is 0. The fourth-order valence-corrected chi connectivity index (χ4v) is 3.49. The van der Waals surface area contributed by atoms with Gasteiger partial charge < -0.3 is 37.6 Å². The van der Waals surface area contributed by atoms with E-state index in [0.29, 0.717) is 12.2 Å². The van der Waals surface area contributed by atoms with Crippen LogP contribution in [0.1, 0.15) is 24.8 Å². The third-order valence-electron chi connectivity index (χ3n) is 4.99. The highest BCUT2D eigenvalue weighted by atomic mass is 32.2. The van der Waals surface area contributed by atoms with Crippen molar-refractivity contribution in [1.82, 2.24) is 16.0 Å². The predicted molar refractivity (Wildman–Crippen MR) is 130 cm³/mol. The van der Waals surface area contributed by atoms with Crippen molar-refractivity contribution in [1.29, 1.82) is 0 Å². The topological polar surface area (TPSA) is 214 Å². The second kappa shape index (κ2) is 15.7. The van der Waals surface area contributed by atoms with E-state index in [1.807, 2.05) is 6.26 Å². The van der Waals surface area contributed by atoms with E-state index in [1.165, 1.54) is 11.8 Å². The second-order valence-electron chi connectivity index (χ2n) is 7.79. The minimum atomic E-state index is -1.61. The van der Waals surface area contributed by atoms with E-state index in [-0.39, 0.29) is 19.3 Å². The van der Waals surface area contributed by atoms with Gasteiger partial charge in [0.2, 0.25) is 23.6 Å². The molecule has 0 aromatic heterocycles. The van der Waals surface area contributed by atoms with Gasteiger partial charge in [-0.15, -0.1) is 0 Å². The fourth-order valence-electron chi connectivity index (χ4n) is 3.00. The van der Waals surface area contributed by atoms with Gasteiger partial charge in [0, 0.05) is 12.8 Å². The van der Waals surface area contributed by atoms with E-state index in [0.717, 1.165) is 5.56 Å². The number of nitrogens with one attached hydrogen (secondary N) is 3. The fraction of sp³-hybridized carbons (Fsp3) is 0.500. The summed E-state index contributed by atoms with van der Waals surface area (Å²) in [4.78, 5) is 60.8. The molecule has 0 aliphatic carbocycles. The number of nitrogens with two attached hydrogens (primary N) is 2. The maximum absolute atomic E-state index is 13.1. The van der Waals surface area contributed by atoms with Crippen LogP contribution in [0.4, 0.5) is 0 Å². The van der Waals surface area contributed by atoms with Gasteiger partial charge in [0.1, 0.15) is 18.1 Å². The van der Waals surface area contributed by atoms with Crippen LogP contribution in [0.15, 0.2) is 30.3 Å². The molecule has 0 heterocycles. The van der Waals surface area contributed by atoms with Crippen molar-refractivity contribution in [2.24, 2.45) is 11.5 Å². The van der Waals surface area contributed by atoms with Crippen molar-refractivity contribution >= 4 is 41.4 Å². The number of benzene rings is 1. The molecular weight excluding hydrogens is 478 g/mol. The van der Waals surface area contributed by atoms with E-state index >= 15 is 0 Å². The SMILES string of the molecule is CSCCC(N)C(=O)NC(Cc1ccccc1)C(=O)NC(CCC(N)=O)C(=O)NC(CO)C(=O)O. The van der Waals surface area contributed by atoms with Crippen molar-refractivity contribution < 1.29 is 34.2 Å². The summed E-state index contributed by atoms with van der Waals surface area (Å²) in [6.07, 6.45) is 1.87. The molecule has 1 aromatic rings. The molecule has 35 heavy (non-hydrogen) atoms. The quantitative estimate of drug-likeness (QED) is 0.132. The van der Waals surface area contributed by atoms with Gasteiger partial charge in [-0.25, -0.2) is 4.79 Å². The van der Waals surface area contributed by atoms with Gasteiger partial charge in [-0.3, -0.25) is 19.2 Å². The van der Waals surface area contributed by atoms with Crippen LogP contribution >= 0.6 is 11.8 Å². The maximum atomic E-state index is 13.1. The predicted octanol–water partition coefficient (Wildman–Crippen LogP) is -1.89. The first-order valence-corrected chi connectivity index (χ1v) is 12.3. The van der Waals surface area contributed by atoms with Crippen molar-refractivity contribution in [3.8, 4) is 0 Å². The molecule has 0 aliphatic heterocycles. The number of hydrogen-bond acceptors (Lipinski definition) is 8. The molecule has 0 spiro atoms. The third-order valence-corrected chi connectivity index (χ3v) is 5.64. The molecular formula is C22H33N5O7S. The highest BCUT2D eigenvalue weighted by Crippen LogP contribution is 2.07. The summed E-state index contributed by atoms with van der Waals surface area (Å²) in [5.74, 6) is -3.77. The number of carboxylic acid groups (broad SMARTS) is 1. The first-order valence-electron chi connectivity index (χ1n) is 10.9. The molecule has 0 bridgehead atoms. The Bertz CT molecular complexity index is 871. The molecule has 4 atom stereocenters. The minimum Gasteiger partial charge on any atom is -0.480 e. The molecule has 13 heteroatoms.